The van der Waals surface area contributed by atoms with Crippen LogP contribution >= 0.6 is 0 Å². The zero-order valence-corrected chi connectivity index (χ0v) is 9.45. The van der Waals surface area contributed by atoms with E-state index in [2.05, 4.69) is 0 Å². The molecule has 0 spiro atoms. The summed E-state index contributed by atoms with van der Waals surface area (Å²) in [7, 11) is -3.48. The van der Waals surface area contributed by atoms with Crippen molar-refractivity contribution >= 4 is 21.9 Å². The highest BCUT2D eigenvalue weighted by Crippen LogP contribution is 2.30. The number of esters is 1. The van der Waals surface area contributed by atoms with Crippen molar-refractivity contribution < 1.29 is 17.9 Å². The van der Waals surface area contributed by atoms with Crippen LogP contribution in [0.3, 0.4) is 0 Å². The third-order valence-electron chi connectivity index (χ3n) is 2.25. The molecule has 1 heterocycles. The molecule has 0 amide bonds. The van der Waals surface area contributed by atoms with E-state index >= 15 is 0 Å². The number of carbonyl (C=O) groups excluding carboxylic acids is 1. The fraction of sp³-hybridized carbons (Fsp3) is 0.182. The Labute approximate surface area is 93.5 Å². The number of sulfone groups is 1. The van der Waals surface area contributed by atoms with Gasteiger partial charge in [-0.15, -0.1) is 0 Å². The Morgan fingerprint density at radius 2 is 2.12 bits per heavy atom. The molecular weight excluding hydrogens is 228 g/mol. The highest BCUT2D eigenvalue weighted by molar-refractivity contribution is 7.95. The molecule has 1 aromatic rings. The van der Waals surface area contributed by atoms with Crippen LogP contribution < -0.4 is 0 Å². The molecule has 0 saturated carbocycles. The maximum Gasteiger partial charge on any atom is 0.339 e. The lowest BCUT2D eigenvalue weighted by atomic mass is 10.1. The number of carbonyl (C=O) groups is 1. The average molecular weight is 238 g/mol. The Kier molecular flexibility index (Phi) is 2.55. The van der Waals surface area contributed by atoms with Crippen molar-refractivity contribution in [3.05, 3.63) is 34.7 Å². The number of benzene rings is 1. The van der Waals surface area contributed by atoms with Gasteiger partial charge in [0, 0.05) is 5.41 Å². The van der Waals surface area contributed by atoms with Crippen LogP contribution in [0.1, 0.15) is 22.8 Å². The number of fused-ring (bicyclic) bond motifs is 1. The SMILES string of the molecule is CCOC(=O)c1cccc2c1S(=O)(=O)C=C2. The van der Waals surface area contributed by atoms with E-state index in [1.807, 2.05) is 0 Å². The summed E-state index contributed by atoms with van der Waals surface area (Å²) in [6, 6.07) is 4.75. The van der Waals surface area contributed by atoms with Gasteiger partial charge in [-0.1, -0.05) is 12.1 Å². The van der Waals surface area contributed by atoms with Gasteiger partial charge in [0.05, 0.1) is 17.1 Å². The summed E-state index contributed by atoms with van der Waals surface area (Å²) in [6.45, 7) is 1.89. The lowest BCUT2D eigenvalue weighted by Gasteiger charge is -2.06. The van der Waals surface area contributed by atoms with E-state index < -0.39 is 15.8 Å². The fourth-order valence-electron chi connectivity index (χ4n) is 1.60. The molecule has 0 atom stereocenters. The van der Waals surface area contributed by atoms with Crippen molar-refractivity contribution in [2.75, 3.05) is 6.61 Å². The van der Waals surface area contributed by atoms with Crippen molar-refractivity contribution in [3.63, 3.8) is 0 Å². The molecule has 0 aliphatic carbocycles. The van der Waals surface area contributed by atoms with E-state index in [0.29, 0.717) is 5.56 Å². The Morgan fingerprint density at radius 1 is 1.38 bits per heavy atom. The third-order valence-corrected chi connectivity index (χ3v) is 3.77. The predicted octanol–water partition coefficient (Wildman–Crippen LogP) is 1.62. The van der Waals surface area contributed by atoms with Gasteiger partial charge in [-0.25, -0.2) is 13.2 Å². The highest BCUT2D eigenvalue weighted by atomic mass is 32.2. The Balaban J connectivity index is 2.60. The number of rotatable bonds is 2. The second-order valence-electron chi connectivity index (χ2n) is 3.29. The van der Waals surface area contributed by atoms with Crippen LogP contribution in [0, 0.1) is 0 Å². The molecule has 0 bridgehead atoms. The first-order valence-corrected chi connectivity index (χ1v) is 6.34. The van der Waals surface area contributed by atoms with Crippen molar-refractivity contribution in [2.45, 2.75) is 11.8 Å². The van der Waals surface area contributed by atoms with Crippen LogP contribution in [0.25, 0.3) is 6.08 Å². The Morgan fingerprint density at radius 3 is 2.81 bits per heavy atom. The highest BCUT2D eigenvalue weighted by Gasteiger charge is 2.27. The molecule has 5 heteroatoms. The second-order valence-corrected chi connectivity index (χ2v) is 5.06. The minimum absolute atomic E-state index is 0.0495. The van der Waals surface area contributed by atoms with Crippen molar-refractivity contribution in [2.24, 2.45) is 0 Å². The molecule has 0 unspecified atom stereocenters. The molecule has 0 radical (unpaired) electrons. The third kappa shape index (κ3) is 1.63. The molecule has 0 aromatic heterocycles. The molecule has 0 saturated heterocycles. The van der Waals surface area contributed by atoms with E-state index in [1.54, 1.807) is 19.1 Å². The maximum atomic E-state index is 11.7. The van der Waals surface area contributed by atoms with Crippen LogP contribution in [0.5, 0.6) is 0 Å². The summed E-state index contributed by atoms with van der Waals surface area (Å²) < 4.78 is 28.2. The van der Waals surface area contributed by atoms with Gasteiger partial charge in [-0.05, 0) is 24.6 Å². The molecule has 1 aliphatic heterocycles. The molecule has 84 valence electrons. The quantitative estimate of drug-likeness (QED) is 0.734. The van der Waals surface area contributed by atoms with Gasteiger partial charge in [0.15, 0.2) is 0 Å². The van der Waals surface area contributed by atoms with Gasteiger partial charge in [0.25, 0.3) is 0 Å². The van der Waals surface area contributed by atoms with Gasteiger partial charge in [-0.3, -0.25) is 0 Å². The molecule has 16 heavy (non-hydrogen) atoms. The fourth-order valence-corrected chi connectivity index (χ4v) is 2.99. The van der Waals surface area contributed by atoms with Crippen molar-refractivity contribution in [1.82, 2.24) is 0 Å². The van der Waals surface area contributed by atoms with Crippen molar-refractivity contribution in [3.8, 4) is 0 Å². The summed E-state index contributed by atoms with van der Waals surface area (Å²) in [6.07, 6.45) is 1.48. The number of hydrogen-bond donors (Lipinski definition) is 0. The van der Waals surface area contributed by atoms with Gasteiger partial charge < -0.3 is 4.74 Å². The van der Waals surface area contributed by atoms with Crippen LogP contribution in [-0.4, -0.2) is 21.0 Å². The Hall–Kier alpha value is -1.62. The molecule has 1 aromatic carbocycles. The lowest BCUT2D eigenvalue weighted by Crippen LogP contribution is -2.10. The lowest BCUT2D eigenvalue weighted by molar-refractivity contribution is 0.0522. The van der Waals surface area contributed by atoms with Gasteiger partial charge in [0.1, 0.15) is 0 Å². The molecular formula is C11H10O4S. The van der Waals surface area contributed by atoms with Crippen LogP contribution in [0.4, 0.5) is 0 Å². The topological polar surface area (TPSA) is 60.4 Å². The monoisotopic (exact) mass is 238 g/mol. The second kappa shape index (κ2) is 3.75. The molecule has 2 rings (SSSR count). The first-order chi connectivity index (χ1) is 7.56. The minimum atomic E-state index is -3.48. The molecule has 0 N–H and O–H groups in total. The van der Waals surface area contributed by atoms with E-state index in [9.17, 15) is 13.2 Å². The normalized spacial score (nSPS) is 15.8. The van der Waals surface area contributed by atoms with Crippen molar-refractivity contribution in [1.29, 1.82) is 0 Å². The largest absolute Gasteiger partial charge is 0.462 e. The number of ether oxygens (including phenoxy) is 1. The van der Waals surface area contributed by atoms with E-state index in [-0.39, 0.29) is 17.1 Å². The van der Waals surface area contributed by atoms with Gasteiger partial charge in [-0.2, -0.15) is 0 Å². The van der Waals surface area contributed by atoms with Crippen LogP contribution in [-0.2, 0) is 14.6 Å². The molecule has 4 nitrogen and oxygen atoms in total. The Bertz CT molecular complexity index is 570. The van der Waals surface area contributed by atoms with Crippen LogP contribution in [0.15, 0.2) is 28.5 Å². The summed E-state index contributed by atoms with van der Waals surface area (Å²) >= 11 is 0. The van der Waals surface area contributed by atoms with Gasteiger partial charge >= 0.3 is 5.97 Å². The summed E-state index contributed by atoms with van der Waals surface area (Å²) in [5.74, 6) is -0.605. The van der Waals surface area contributed by atoms with Gasteiger partial charge in [0.2, 0.25) is 9.84 Å². The minimum Gasteiger partial charge on any atom is -0.462 e. The predicted molar refractivity (Wildman–Crippen MR) is 58.6 cm³/mol. The van der Waals surface area contributed by atoms with Crippen LogP contribution in [0.2, 0.25) is 0 Å². The standard InChI is InChI=1S/C11H10O4S/c1-2-15-11(12)9-5-3-4-8-6-7-16(13,14)10(8)9/h3-7H,2H2,1H3. The summed E-state index contributed by atoms with van der Waals surface area (Å²) in [5.41, 5.74) is 0.634. The maximum absolute atomic E-state index is 11.7. The van der Waals surface area contributed by atoms with E-state index in [4.69, 9.17) is 4.74 Å². The van der Waals surface area contributed by atoms with E-state index in [0.717, 1.165) is 5.41 Å². The molecule has 1 aliphatic rings. The first-order valence-electron chi connectivity index (χ1n) is 4.79. The average Bonchev–Trinajstić information content (AvgIpc) is 2.56. The summed E-state index contributed by atoms with van der Waals surface area (Å²) in [5, 5.41) is 1.10. The zero-order chi connectivity index (χ0) is 11.8. The smallest absolute Gasteiger partial charge is 0.339 e. The zero-order valence-electron chi connectivity index (χ0n) is 8.64. The molecule has 0 fully saturated rings. The van der Waals surface area contributed by atoms with E-state index in [1.165, 1.54) is 12.1 Å². The first kappa shape index (κ1) is 10.9. The summed E-state index contributed by atoms with van der Waals surface area (Å²) in [4.78, 5) is 11.6. The number of hydrogen-bond acceptors (Lipinski definition) is 4.